The molecular weight excluding hydrogens is 964 g/mol. The Kier molecular flexibility index (Phi) is 53.9. The van der Waals surface area contributed by atoms with Crippen LogP contribution in [-0.2, 0) is 27.9 Å². The van der Waals surface area contributed by atoms with Gasteiger partial charge in [-0.05, 0) is 76.7 Å². The lowest BCUT2D eigenvalue weighted by Gasteiger charge is -2.27. The van der Waals surface area contributed by atoms with Gasteiger partial charge in [0.15, 0.2) is 0 Å². The highest BCUT2D eigenvalue weighted by Gasteiger charge is 2.30. The SMILES string of the molecule is CC/C=C\C/C=C\C/C=C\C/C=C\C/C=C\CCCCCCCCCC(=O)OC(/C=C/CCCCCCCCCCC)C(COP(=O)(O)OCC[N+](C)(C)C)NC(=O)CCCCCCCCCCCCCCCCCC. The van der Waals surface area contributed by atoms with Crippen molar-refractivity contribution in [2.75, 3.05) is 40.9 Å². The maximum absolute atomic E-state index is 13.5. The Morgan fingerprint density at radius 2 is 0.842 bits per heavy atom. The normalized spacial score (nSPS) is 14.1. The van der Waals surface area contributed by atoms with Crippen molar-refractivity contribution < 1.29 is 37.3 Å². The quantitative estimate of drug-likeness (QED) is 0.0205. The molecule has 0 rings (SSSR count). The molecule has 0 radical (unpaired) electrons. The summed E-state index contributed by atoms with van der Waals surface area (Å²) in [6.45, 7) is 6.90. The third-order valence-electron chi connectivity index (χ3n) is 13.9. The molecule has 0 aromatic rings. The number of quaternary nitrogens is 1. The molecule has 3 atom stereocenters. The van der Waals surface area contributed by atoms with Crippen molar-refractivity contribution in [3.8, 4) is 0 Å². The topological polar surface area (TPSA) is 111 Å². The summed E-state index contributed by atoms with van der Waals surface area (Å²) in [6, 6.07) is -0.853. The van der Waals surface area contributed by atoms with Gasteiger partial charge in [-0.15, -0.1) is 0 Å². The number of rotatable bonds is 57. The lowest BCUT2D eigenvalue weighted by molar-refractivity contribution is -0.870. The number of amides is 1. The molecule has 0 bridgehead atoms. The van der Waals surface area contributed by atoms with Gasteiger partial charge in [0.25, 0.3) is 0 Å². The van der Waals surface area contributed by atoms with Crippen LogP contribution in [0.3, 0.4) is 0 Å². The van der Waals surface area contributed by atoms with Crippen LogP contribution in [0.15, 0.2) is 72.9 Å². The van der Waals surface area contributed by atoms with E-state index in [1.165, 1.54) is 148 Å². The van der Waals surface area contributed by atoms with Crippen molar-refractivity contribution in [3.05, 3.63) is 72.9 Å². The van der Waals surface area contributed by atoms with Crippen LogP contribution in [-0.4, -0.2) is 74.3 Å². The van der Waals surface area contributed by atoms with Gasteiger partial charge in [-0.3, -0.25) is 18.6 Å². The lowest BCUT2D eigenvalue weighted by atomic mass is 10.0. The predicted molar refractivity (Wildman–Crippen MR) is 328 cm³/mol. The third-order valence-corrected chi connectivity index (χ3v) is 14.9. The summed E-state index contributed by atoms with van der Waals surface area (Å²) in [5.41, 5.74) is 0. The number of likely N-dealkylation sites (N-methyl/N-ethyl adjacent to an activating group) is 1. The molecule has 0 aliphatic rings. The van der Waals surface area contributed by atoms with Crippen LogP contribution in [0.25, 0.3) is 0 Å². The molecule has 3 unspecified atom stereocenters. The highest BCUT2D eigenvalue weighted by molar-refractivity contribution is 7.47. The van der Waals surface area contributed by atoms with E-state index in [-0.39, 0.29) is 31.5 Å². The van der Waals surface area contributed by atoms with Crippen LogP contribution in [0, 0.1) is 0 Å². The zero-order valence-electron chi connectivity index (χ0n) is 50.5. The van der Waals surface area contributed by atoms with Crippen LogP contribution in [0.4, 0.5) is 0 Å². The van der Waals surface area contributed by atoms with Gasteiger partial charge in [0, 0.05) is 12.8 Å². The predicted octanol–water partition coefficient (Wildman–Crippen LogP) is 19.6. The first kappa shape index (κ1) is 73.5. The molecule has 76 heavy (non-hydrogen) atoms. The minimum atomic E-state index is -4.45. The van der Waals surface area contributed by atoms with E-state index >= 15 is 0 Å². The summed E-state index contributed by atoms with van der Waals surface area (Å²) in [6.07, 6.45) is 71.8. The van der Waals surface area contributed by atoms with Crippen molar-refractivity contribution >= 4 is 19.7 Å². The van der Waals surface area contributed by atoms with Crippen LogP contribution < -0.4 is 5.32 Å². The smallest absolute Gasteiger partial charge is 0.456 e. The Morgan fingerprint density at radius 3 is 1.26 bits per heavy atom. The van der Waals surface area contributed by atoms with Gasteiger partial charge in [-0.25, -0.2) is 4.57 Å². The van der Waals surface area contributed by atoms with E-state index in [1.807, 2.05) is 33.3 Å². The van der Waals surface area contributed by atoms with E-state index in [1.54, 1.807) is 0 Å². The molecular formula is C66H122N2O7P+. The number of ether oxygens (including phenoxy) is 1. The number of unbranched alkanes of at least 4 members (excludes halogenated alkanes) is 31. The Labute approximate surface area is 470 Å². The van der Waals surface area contributed by atoms with E-state index in [0.717, 1.165) is 103 Å². The first-order valence-electron chi connectivity index (χ1n) is 31.8. The van der Waals surface area contributed by atoms with Crippen LogP contribution in [0.5, 0.6) is 0 Å². The molecule has 0 saturated heterocycles. The maximum atomic E-state index is 13.5. The van der Waals surface area contributed by atoms with Gasteiger partial charge >= 0.3 is 13.8 Å². The van der Waals surface area contributed by atoms with E-state index in [4.69, 9.17) is 13.8 Å². The summed E-state index contributed by atoms with van der Waals surface area (Å²) in [5, 5.41) is 3.06. The zero-order chi connectivity index (χ0) is 55.7. The molecule has 10 heteroatoms. The van der Waals surface area contributed by atoms with Gasteiger partial charge in [0.05, 0.1) is 33.8 Å². The summed E-state index contributed by atoms with van der Waals surface area (Å²) >= 11 is 0. The number of carbonyl (C=O) groups excluding carboxylic acids is 2. The van der Waals surface area contributed by atoms with Crippen LogP contribution >= 0.6 is 7.82 Å². The maximum Gasteiger partial charge on any atom is 0.472 e. The van der Waals surface area contributed by atoms with E-state index in [0.29, 0.717) is 17.4 Å². The molecule has 2 N–H and O–H groups in total. The van der Waals surface area contributed by atoms with Crippen molar-refractivity contribution in [2.45, 2.75) is 296 Å². The molecule has 0 spiro atoms. The standard InChI is InChI=1S/C66H121N2O7P/c1-7-10-13-16-19-22-25-27-29-31-32-33-34-35-36-37-39-41-44-47-50-53-56-59-66(70)75-64(57-54-51-48-45-42-24-21-18-15-12-9-3)63(62-74-76(71,72)73-61-60-68(4,5)6)67-65(69)58-55-52-49-46-43-40-38-30-28-26-23-20-17-14-11-8-2/h10,13,19,22,27,29,32-33,35-36,54,57,63-64H,7-9,11-12,14-18,20-21,23-26,28,30-31,34,37-53,55-56,58-62H2,1-6H3,(H-,67,69,71,72)/p+1/b13-10-,22-19-,29-27-,33-32-,36-35-,57-54+. The van der Waals surface area contributed by atoms with Gasteiger partial charge in [-0.1, -0.05) is 267 Å². The van der Waals surface area contributed by atoms with Crippen LogP contribution in [0.1, 0.15) is 284 Å². The van der Waals surface area contributed by atoms with E-state index in [2.05, 4.69) is 86.8 Å². The number of carbonyl (C=O) groups is 2. The van der Waals surface area contributed by atoms with E-state index in [9.17, 15) is 19.0 Å². The Balaban J connectivity index is 5.18. The number of esters is 1. The van der Waals surface area contributed by atoms with Gasteiger partial charge < -0.3 is 19.4 Å². The summed E-state index contributed by atoms with van der Waals surface area (Å²) in [4.78, 5) is 37.7. The highest BCUT2D eigenvalue weighted by atomic mass is 31.2. The number of allylic oxidation sites excluding steroid dienone is 11. The second kappa shape index (κ2) is 55.8. The highest BCUT2D eigenvalue weighted by Crippen LogP contribution is 2.43. The fourth-order valence-electron chi connectivity index (χ4n) is 9.03. The van der Waals surface area contributed by atoms with Gasteiger partial charge in [0.2, 0.25) is 5.91 Å². The number of hydrogen-bond donors (Lipinski definition) is 2. The van der Waals surface area contributed by atoms with Crippen LogP contribution in [0.2, 0.25) is 0 Å². The van der Waals surface area contributed by atoms with Gasteiger partial charge in [-0.2, -0.15) is 0 Å². The fraction of sp³-hybridized carbons (Fsp3) is 0.788. The molecule has 0 saturated carbocycles. The second-order valence-electron chi connectivity index (χ2n) is 22.6. The average Bonchev–Trinajstić information content (AvgIpc) is 3.38. The third kappa shape index (κ3) is 56.2. The number of phosphoric ester groups is 1. The largest absolute Gasteiger partial charge is 0.472 e. The molecule has 1 amide bonds. The Hall–Kier alpha value is -2.55. The summed E-state index contributed by atoms with van der Waals surface area (Å²) in [5.74, 6) is -0.512. The average molecular weight is 1090 g/mol. The van der Waals surface area contributed by atoms with E-state index < -0.39 is 20.0 Å². The summed E-state index contributed by atoms with van der Waals surface area (Å²) < 4.78 is 30.7. The van der Waals surface area contributed by atoms with Crippen molar-refractivity contribution in [3.63, 3.8) is 0 Å². The first-order chi connectivity index (χ1) is 36.9. The minimum Gasteiger partial charge on any atom is -0.456 e. The van der Waals surface area contributed by atoms with Crippen molar-refractivity contribution in [1.29, 1.82) is 0 Å². The molecule has 442 valence electrons. The molecule has 0 heterocycles. The number of hydrogen-bond acceptors (Lipinski definition) is 6. The minimum absolute atomic E-state index is 0.0374. The zero-order valence-corrected chi connectivity index (χ0v) is 51.4. The molecule has 9 nitrogen and oxygen atoms in total. The number of phosphoric acid groups is 1. The first-order valence-corrected chi connectivity index (χ1v) is 33.3. The van der Waals surface area contributed by atoms with Gasteiger partial charge in [0.1, 0.15) is 19.3 Å². The summed E-state index contributed by atoms with van der Waals surface area (Å²) in [7, 11) is 1.49. The van der Waals surface area contributed by atoms with Crippen molar-refractivity contribution in [1.82, 2.24) is 5.32 Å². The fourth-order valence-corrected chi connectivity index (χ4v) is 9.76. The molecule has 0 fully saturated rings. The Bertz CT molecular complexity index is 1530. The number of nitrogens with one attached hydrogen (secondary N) is 1. The monoisotopic (exact) mass is 1090 g/mol. The molecule has 0 aliphatic heterocycles. The second-order valence-corrected chi connectivity index (χ2v) is 24.0. The Morgan fingerprint density at radius 1 is 0.474 bits per heavy atom. The van der Waals surface area contributed by atoms with Crippen molar-refractivity contribution in [2.24, 2.45) is 0 Å². The molecule has 0 aromatic carbocycles. The molecule has 0 aromatic heterocycles. The number of nitrogens with zero attached hydrogens (tertiary/aromatic N) is 1. The lowest BCUT2D eigenvalue weighted by Crippen LogP contribution is -2.47. The molecule has 0 aliphatic carbocycles.